The number of nitrogens with zero attached hydrogens (tertiary/aromatic N) is 1. The lowest BCUT2D eigenvalue weighted by atomic mass is 10.2. The molecule has 0 atom stereocenters. The standard InChI is InChI=1S/C25H23ClN2O5/c1-3-31-21-12-8-18(9-13-21)24(29)28-27-16-17-5-14-22(23(15-17)32-4-2)33-25(30)19-6-10-20(26)11-7-19/h5-16H,3-4H2,1-2H3,(H,28,29)/b27-16+. The molecule has 170 valence electrons. The Morgan fingerprint density at radius 3 is 2.21 bits per heavy atom. The summed E-state index contributed by atoms with van der Waals surface area (Å²) in [7, 11) is 0. The number of hydrogen-bond acceptors (Lipinski definition) is 6. The van der Waals surface area contributed by atoms with Crippen molar-refractivity contribution in [2.45, 2.75) is 13.8 Å². The molecular weight excluding hydrogens is 444 g/mol. The van der Waals surface area contributed by atoms with Crippen molar-refractivity contribution in [2.24, 2.45) is 5.10 Å². The normalized spacial score (nSPS) is 10.6. The van der Waals surface area contributed by atoms with Crippen LogP contribution in [0.15, 0.2) is 71.8 Å². The lowest BCUT2D eigenvalue weighted by Crippen LogP contribution is -2.17. The number of nitrogens with one attached hydrogen (secondary N) is 1. The summed E-state index contributed by atoms with van der Waals surface area (Å²) in [5, 5.41) is 4.52. The summed E-state index contributed by atoms with van der Waals surface area (Å²) in [6.45, 7) is 4.64. The first kappa shape index (κ1) is 23.8. The van der Waals surface area contributed by atoms with E-state index >= 15 is 0 Å². The molecule has 0 bridgehead atoms. The molecule has 8 heteroatoms. The second-order valence-electron chi connectivity index (χ2n) is 6.69. The summed E-state index contributed by atoms with van der Waals surface area (Å²) in [6, 6.07) is 18.1. The molecule has 3 rings (SSSR count). The molecule has 0 saturated heterocycles. The van der Waals surface area contributed by atoms with Gasteiger partial charge in [0.25, 0.3) is 5.91 Å². The van der Waals surface area contributed by atoms with Gasteiger partial charge in [0.15, 0.2) is 11.5 Å². The number of halogens is 1. The third-order valence-electron chi connectivity index (χ3n) is 4.36. The lowest BCUT2D eigenvalue weighted by molar-refractivity contribution is 0.0728. The van der Waals surface area contributed by atoms with Crippen molar-refractivity contribution >= 4 is 29.7 Å². The fourth-order valence-corrected chi connectivity index (χ4v) is 2.93. The molecule has 3 aromatic carbocycles. The van der Waals surface area contributed by atoms with Crippen LogP contribution in [0.1, 0.15) is 40.1 Å². The zero-order chi connectivity index (χ0) is 23.6. The van der Waals surface area contributed by atoms with Gasteiger partial charge < -0.3 is 14.2 Å². The predicted molar refractivity (Wildman–Crippen MR) is 127 cm³/mol. The van der Waals surface area contributed by atoms with Gasteiger partial charge in [0.1, 0.15) is 5.75 Å². The molecule has 0 fully saturated rings. The Balaban J connectivity index is 1.66. The third kappa shape index (κ3) is 6.82. The zero-order valence-corrected chi connectivity index (χ0v) is 19.0. The maximum Gasteiger partial charge on any atom is 0.343 e. The van der Waals surface area contributed by atoms with Gasteiger partial charge in [-0.25, -0.2) is 10.2 Å². The van der Waals surface area contributed by atoms with E-state index in [0.717, 1.165) is 0 Å². The van der Waals surface area contributed by atoms with Crippen molar-refractivity contribution in [2.75, 3.05) is 13.2 Å². The number of ether oxygens (including phenoxy) is 3. The molecular formula is C25H23ClN2O5. The molecule has 33 heavy (non-hydrogen) atoms. The predicted octanol–water partition coefficient (Wildman–Crippen LogP) is 5.12. The minimum absolute atomic E-state index is 0.271. The maximum atomic E-state index is 12.4. The highest BCUT2D eigenvalue weighted by Crippen LogP contribution is 2.29. The summed E-state index contributed by atoms with van der Waals surface area (Å²) in [6.07, 6.45) is 1.47. The summed E-state index contributed by atoms with van der Waals surface area (Å²) < 4.78 is 16.4. The first-order chi connectivity index (χ1) is 16.0. The van der Waals surface area contributed by atoms with Gasteiger partial charge in [-0.05, 0) is 86.1 Å². The van der Waals surface area contributed by atoms with Gasteiger partial charge in [-0.15, -0.1) is 0 Å². The largest absolute Gasteiger partial charge is 0.494 e. The first-order valence-corrected chi connectivity index (χ1v) is 10.7. The number of carbonyl (C=O) groups excluding carboxylic acids is 2. The van der Waals surface area contributed by atoms with E-state index in [1.807, 2.05) is 13.8 Å². The van der Waals surface area contributed by atoms with Crippen LogP contribution in [0.25, 0.3) is 0 Å². The molecule has 0 aliphatic carbocycles. The van der Waals surface area contributed by atoms with Gasteiger partial charge in [0.05, 0.1) is 25.0 Å². The van der Waals surface area contributed by atoms with Crippen LogP contribution >= 0.6 is 11.6 Å². The maximum absolute atomic E-state index is 12.4. The average molecular weight is 467 g/mol. The molecule has 1 amide bonds. The Morgan fingerprint density at radius 1 is 0.879 bits per heavy atom. The monoisotopic (exact) mass is 466 g/mol. The smallest absolute Gasteiger partial charge is 0.343 e. The fourth-order valence-electron chi connectivity index (χ4n) is 2.80. The SMILES string of the molecule is CCOc1ccc(C(=O)N/N=C/c2ccc(OC(=O)c3ccc(Cl)cc3)c(OCC)c2)cc1. The molecule has 1 N–H and O–H groups in total. The van der Waals surface area contributed by atoms with Gasteiger partial charge in [0, 0.05) is 10.6 Å². The Labute approximate surface area is 196 Å². The number of benzene rings is 3. The molecule has 0 aliphatic rings. The highest BCUT2D eigenvalue weighted by atomic mass is 35.5. The molecule has 0 spiro atoms. The van der Waals surface area contributed by atoms with Gasteiger partial charge in [-0.2, -0.15) is 5.10 Å². The average Bonchev–Trinajstić information content (AvgIpc) is 2.82. The number of esters is 1. The van der Waals surface area contributed by atoms with Crippen LogP contribution in [-0.4, -0.2) is 31.3 Å². The van der Waals surface area contributed by atoms with E-state index in [0.29, 0.717) is 46.4 Å². The second kappa shape index (κ2) is 11.7. The van der Waals surface area contributed by atoms with E-state index in [2.05, 4.69) is 10.5 Å². The molecule has 0 radical (unpaired) electrons. The van der Waals surface area contributed by atoms with Crippen LogP contribution in [-0.2, 0) is 0 Å². The van der Waals surface area contributed by atoms with Crippen LogP contribution in [0.2, 0.25) is 5.02 Å². The number of rotatable bonds is 9. The van der Waals surface area contributed by atoms with Crippen molar-refractivity contribution in [3.8, 4) is 17.2 Å². The van der Waals surface area contributed by atoms with Crippen molar-refractivity contribution in [1.82, 2.24) is 5.43 Å². The molecule has 7 nitrogen and oxygen atoms in total. The van der Waals surface area contributed by atoms with Gasteiger partial charge in [0.2, 0.25) is 0 Å². The van der Waals surface area contributed by atoms with E-state index in [4.69, 9.17) is 25.8 Å². The fraction of sp³-hybridized carbons (Fsp3) is 0.160. The minimum atomic E-state index is -0.531. The van der Waals surface area contributed by atoms with E-state index in [1.165, 1.54) is 6.21 Å². The van der Waals surface area contributed by atoms with Crippen LogP contribution in [0.5, 0.6) is 17.2 Å². The van der Waals surface area contributed by atoms with Crippen molar-refractivity contribution < 1.29 is 23.8 Å². The third-order valence-corrected chi connectivity index (χ3v) is 4.61. The number of amides is 1. The van der Waals surface area contributed by atoms with Crippen LogP contribution < -0.4 is 19.6 Å². The summed E-state index contributed by atoms with van der Waals surface area (Å²) in [5.74, 6) is 0.455. The lowest BCUT2D eigenvalue weighted by Gasteiger charge is -2.11. The van der Waals surface area contributed by atoms with Crippen LogP contribution in [0, 0.1) is 0 Å². The zero-order valence-electron chi connectivity index (χ0n) is 18.2. The van der Waals surface area contributed by atoms with E-state index in [-0.39, 0.29) is 11.7 Å². The number of hydrazone groups is 1. The Hall–Kier alpha value is -3.84. The minimum Gasteiger partial charge on any atom is -0.494 e. The van der Waals surface area contributed by atoms with E-state index < -0.39 is 5.97 Å². The Kier molecular flexibility index (Phi) is 8.43. The molecule has 0 saturated carbocycles. The molecule has 0 aliphatic heterocycles. The van der Waals surface area contributed by atoms with E-state index in [1.54, 1.807) is 66.7 Å². The highest BCUT2D eigenvalue weighted by molar-refractivity contribution is 6.30. The van der Waals surface area contributed by atoms with Crippen LogP contribution in [0.4, 0.5) is 0 Å². The van der Waals surface area contributed by atoms with Crippen molar-refractivity contribution in [3.63, 3.8) is 0 Å². The summed E-state index contributed by atoms with van der Waals surface area (Å²) >= 11 is 5.86. The van der Waals surface area contributed by atoms with E-state index in [9.17, 15) is 9.59 Å². The van der Waals surface area contributed by atoms with Crippen molar-refractivity contribution in [1.29, 1.82) is 0 Å². The second-order valence-corrected chi connectivity index (χ2v) is 7.13. The summed E-state index contributed by atoms with van der Waals surface area (Å²) in [5.41, 5.74) is 3.94. The number of hydrogen-bond donors (Lipinski definition) is 1. The topological polar surface area (TPSA) is 86.2 Å². The summed E-state index contributed by atoms with van der Waals surface area (Å²) in [4.78, 5) is 24.7. The number of carbonyl (C=O) groups is 2. The van der Waals surface area contributed by atoms with Crippen LogP contribution in [0.3, 0.4) is 0 Å². The molecule has 3 aromatic rings. The highest BCUT2D eigenvalue weighted by Gasteiger charge is 2.13. The first-order valence-electron chi connectivity index (χ1n) is 10.3. The molecule has 0 unspecified atom stereocenters. The quantitative estimate of drug-likeness (QED) is 0.205. The molecule has 0 heterocycles. The van der Waals surface area contributed by atoms with Gasteiger partial charge in [-0.3, -0.25) is 4.79 Å². The Bertz CT molecular complexity index is 1130. The molecule has 0 aromatic heterocycles. The van der Waals surface area contributed by atoms with Crippen molar-refractivity contribution in [3.05, 3.63) is 88.4 Å². The van der Waals surface area contributed by atoms with Gasteiger partial charge in [-0.1, -0.05) is 11.6 Å². The Morgan fingerprint density at radius 2 is 1.55 bits per heavy atom. The van der Waals surface area contributed by atoms with Gasteiger partial charge >= 0.3 is 5.97 Å².